The first-order valence-corrected chi connectivity index (χ1v) is 7.49. The second kappa shape index (κ2) is 7.30. The Bertz CT molecular complexity index is 428. The molecule has 1 aromatic carbocycles. The molecule has 1 atom stereocenters. The molecule has 1 N–H and O–H groups in total. The van der Waals surface area contributed by atoms with Crippen LogP contribution in [0.25, 0.3) is 0 Å². The zero-order chi connectivity index (χ0) is 13.7. The number of hydrogen-bond donors (Lipinski definition) is 1. The monoisotopic (exact) mass is 298 g/mol. The first-order chi connectivity index (χ1) is 9.24. The van der Waals surface area contributed by atoms with Gasteiger partial charge in [-0.25, -0.2) is 0 Å². The van der Waals surface area contributed by atoms with Crippen LogP contribution >= 0.6 is 23.2 Å². The van der Waals surface area contributed by atoms with E-state index in [0.29, 0.717) is 16.1 Å². The van der Waals surface area contributed by atoms with Gasteiger partial charge in [0.2, 0.25) is 0 Å². The first-order valence-electron chi connectivity index (χ1n) is 6.73. The van der Waals surface area contributed by atoms with Crippen molar-refractivity contribution in [3.05, 3.63) is 46.5 Å². The highest BCUT2D eigenvalue weighted by Crippen LogP contribution is 2.35. The maximum absolute atomic E-state index is 6.39. The van der Waals surface area contributed by atoms with Gasteiger partial charge in [-0.05, 0) is 24.5 Å². The molecule has 1 aliphatic rings. The molecule has 0 radical (unpaired) electrons. The van der Waals surface area contributed by atoms with E-state index in [0.717, 1.165) is 44.6 Å². The lowest BCUT2D eigenvalue weighted by atomic mass is 9.99. The predicted molar refractivity (Wildman–Crippen MR) is 83.1 cm³/mol. The molecule has 0 spiro atoms. The summed E-state index contributed by atoms with van der Waals surface area (Å²) in [5, 5.41) is 4.71. The Hall–Kier alpha value is -0.540. The fourth-order valence-corrected chi connectivity index (χ4v) is 3.02. The van der Waals surface area contributed by atoms with E-state index < -0.39 is 0 Å². The molecule has 0 saturated carbocycles. The maximum Gasteiger partial charge on any atom is 0.0640 e. The highest BCUT2D eigenvalue weighted by molar-refractivity contribution is 6.42. The Labute approximate surface area is 125 Å². The van der Waals surface area contributed by atoms with Crippen molar-refractivity contribution in [1.82, 2.24) is 10.2 Å². The quantitative estimate of drug-likeness (QED) is 0.829. The van der Waals surface area contributed by atoms with Gasteiger partial charge in [0.1, 0.15) is 0 Å². The Morgan fingerprint density at radius 1 is 1.32 bits per heavy atom. The molecule has 104 valence electrons. The van der Waals surface area contributed by atoms with Crippen LogP contribution in [0.15, 0.2) is 30.9 Å². The Kier molecular flexibility index (Phi) is 5.71. The van der Waals surface area contributed by atoms with Crippen LogP contribution in [0.1, 0.15) is 24.4 Å². The number of piperazine rings is 1. The van der Waals surface area contributed by atoms with Crippen LogP contribution in [0, 0.1) is 0 Å². The maximum atomic E-state index is 6.39. The molecule has 1 aromatic rings. The van der Waals surface area contributed by atoms with Gasteiger partial charge >= 0.3 is 0 Å². The third-order valence-corrected chi connectivity index (χ3v) is 4.41. The topological polar surface area (TPSA) is 15.3 Å². The predicted octanol–water partition coefficient (Wildman–Crippen LogP) is 3.91. The van der Waals surface area contributed by atoms with E-state index in [9.17, 15) is 0 Å². The summed E-state index contributed by atoms with van der Waals surface area (Å²) in [5.41, 5.74) is 1.14. The number of nitrogens with one attached hydrogen (secondary N) is 1. The molecular formula is C15H20Cl2N2. The molecule has 0 unspecified atom stereocenters. The average molecular weight is 299 g/mol. The fourth-order valence-electron chi connectivity index (χ4n) is 2.58. The number of allylic oxidation sites excluding steroid dienone is 1. The minimum Gasteiger partial charge on any atom is -0.314 e. The van der Waals surface area contributed by atoms with Crippen LogP contribution < -0.4 is 5.32 Å². The molecule has 1 saturated heterocycles. The van der Waals surface area contributed by atoms with Crippen molar-refractivity contribution in [3.8, 4) is 0 Å². The Balaban J connectivity index is 2.24. The Morgan fingerprint density at radius 2 is 2.05 bits per heavy atom. The molecule has 4 heteroatoms. The van der Waals surface area contributed by atoms with E-state index in [1.54, 1.807) is 0 Å². The third kappa shape index (κ3) is 3.73. The number of rotatable bonds is 5. The van der Waals surface area contributed by atoms with Gasteiger partial charge in [-0.15, -0.1) is 6.58 Å². The number of benzene rings is 1. The van der Waals surface area contributed by atoms with E-state index >= 15 is 0 Å². The summed E-state index contributed by atoms with van der Waals surface area (Å²) in [5.74, 6) is 0. The van der Waals surface area contributed by atoms with Crippen LogP contribution in [0.2, 0.25) is 10.0 Å². The molecule has 2 rings (SSSR count). The van der Waals surface area contributed by atoms with E-state index in [1.807, 2.05) is 18.2 Å². The van der Waals surface area contributed by atoms with Gasteiger partial charge in [0.05, 0.1) is 10.0 Å². The van der Waals surface area contributed by atoms with Gasteiger partial charge in [0.25, 0.3) is 0 Å². The molecular weight excluding hydrogens is 279 g/mol. The molecule has 1 fully saturated rings. The smallest absolute Gasteiger partial charge is 0.0640 e. The highest BCUT2D eigenvalue weighted by atomic mass is 35.5. The Morgan fingerprint density at radius 3 is 2.74 bits per heavy atom. The summed E-state index contributed by atoms with van der Waals surface area (Å²) in [6.45, 7) is 7.98. The lowest BCUT2D eigenvalue weighted by Crippen LogP contribution is -2.45. The molecule has 0 bridgehead atoms. The van der Waals surface area contributed by atoms with Gasteiger partial charge in [0.15, 0.2) is 0 Å². The summed E-state index contributed by atoms with van der Waals surface area (Å²) in [4.78, 5) is 2.48. The molecule has 2 nitrogen and oxygen atoms in total. The second-order valence-corrected chi connectivity index (χ2v) is 5.60. The van der Waals surface area contributed by atoms with Crippen molar-refractivity contribution in [2.24, 2.45) is 0 Å². The van der Waals surface area contributed by atoms with Crippen LogP contribution in [-0.2, 0) is 0 Å². The minimum absolute atomic E-state index is 0.325. The van der Waals surface area contributed by atoms with Gasteiger partial charge in [-0.3, -0.25) is 4.90 Å². The van der Waals surface area contributed by atoms with Crippen molar-refractivity contribution in [3.63, 3.8) is 0 Å². The van der Waals surface area contributed by atoms with Crippen molar-refractivity contribution in [2.75, 3.05) is 26.2 Å². The van der Waals surface area contributed by atoms with E-state index in [2.05, 4.69) is 22.9 Å². The lowest BCUT2D eigenvalue weighted by molar-refractivity contribution is 0.166. The lowest BCUT2D eigenvalue weighted by Gasteiger charge is -2.35. The SMILES string of the molecule is C=CCC[C@@H](c1cccc(Cl)c1Cl)N1CCNCC1. The molecule has 1 heterocycles. The third-order valence-electron chi connectivity index (χ3n) is 3.58. The average Bonchev–Trinajstić information content (AvgIpc) is 2.45. The summed E-state index contributed by atoms with van der Waals surface area (Å²) in [7, 11) is 0. The van der Waals surface area contributed by atoms with Crippen molar-refractivity contribution in [1.29, 1.82) is 0 Å². The van der Waals surface area contributed by atoms with Gasteiger partial charge in [-0.2, -0.15) is 0 Å². The zero-order valence-corrected chi connectivity index (χ0v) is 12.6. The van der Waals surface area contributed by atoms with Crippen LogP contribution in [0.4, 0.5) is 0 Å². The van der Waals surface area contributed by atoms with Crippen molar-refractivity contribution >= 4 is 23.2 Å². The van der Waals surface area contributed by atoms with Crippen LogP contribution in [0.5, 0.6) is 0 Å². The number of halogens is 2. The fraction of sp³-hybridized carbons (Fsp3) is 0.467. The largest absolute Gasteiger partial charge is 0.314 e. The van der Waals surface area contributed by atoms with Gasteiger partial charge in [-0.1, -0.05) is 41.4 Å². The standard InChI is InChI=1S/C15H20Cl2N2/c1-2-3-7-14(19-10-8-18-9-11-19)12-5-4-6-13(16)15(12)17/h2,4-6,14,18H,1,3,7-11H2/t14-/m0/s1. The zero-order valence-electron chi connectivity index (χ0n) is 11.0. The number of nitrogens with zero attached hydrogens (tertiary/aromatic N) is 1. The summed E-state index contributed by atoms with van der Waals surface area (Å²) in [6, 6.07) is 6.23. The number of hydrogen-bond acceptors (Lipinski definition) is 2. The first kappa shape index (κ1) is 14.9. The molecule has 0 amide bonds. The minimum atomic E-state index is 0.325. The van der Waals surface area contributed by atoms with Crippen LogP contribution in [-0.4, -0.2) is 31.1 Å². The summed E-state index contributed by atoms with van der Waals surface area (Å²) >= 11 is 12.5. The van der Waals surface area contributed by atoms with Gasteiger partial charge < -0.3 is 5.32 Å². The van der Waals surface area contributed by atoms with Gasteiger partial charge in [0, 0.05) is 32.2 Å². The van der Waals surface area contributed by atoms with Crippen molar-refractivity contribution < 1.29 is 0 Å². The van der Waals surface area contributed by atoms with E-state index in [-0.39, 0.29) is 0 Å². The molecule has 0 aliphatic carbocycles. The van der Waals surface area contributed by atoms with E-state index in [4.69, 9.17) is 23.2 Å². The normalized spacial score (nSPS) is 18.2. The van der Waals surface area contributed by atoms with E-state index in [1.165, 1.54) is 0 Å². The molecule has 1 aliphatic heterocycles. The van der Waals surface area contributed by atoms with Crippen molar-refractivity contribution in [2.45, 2.75) is 18.9 Å². The summed E-state index contributed by atoms with van der Waals surface area (Å²) < 4.78 is 0. The highest BCUT2D eigenvalue weighted by Gasteiger charge is 2.23. The van der Waals surface area contributed by atoms with Crippen LogP contribution in [0.3, 0.4) is 0 Å². The molecule has 19 heavy (non-hydrogen) atoms. The molecule has 0 aromatic heterocycles. The summed E-state index contributed by atoms with van der Waals surface area (Å²) in [6.07, 6.45) is 3.98. The second-order valence-electron chi connectivity index (χ2n) is 4.81.